The molecule has 1 N–H and O–H groups in total. The molecule has 0 radical (unpaired) electrons. The molecule has 1 aliphatic rings. The van der Waals surface area contributed by atoms with Gasteiger partial charge in [-0.15, -0.1) is 0 Å². The smallest absolute Gasteiger partial charge is 0.0146 e. The Kier molecular flexibility index (Phi) is 1.51. The molecule has 2 rings (SSSR count). The summed E-state index contributed by atoms with van der Waals surface area (Å²) >= 11 is 1.83. The van der Waals surface area contributed by atoms with E-state index in [1.54, 1.807) is 11.1 Å². The van der Waals surface area contributed by atoms with Crippen molar-refractivity contribution < 1.29 is 0 Å². The number of thiophene rings is 1. The fourth-order valence-electron chi connectivity index (χ4n) is 1.52. The van der Waals surface area contributed by atoms with Crippen LogP contribution in [0.1, 0.15) is 11.1 Å². The molecule has 1 aliphatic carbocycles. The van der Waals surface area contributed by atoms with Gasteiger partial charge in [0.05, 0.1) is 0 Å². The van der Waals surface area contributed by atoms with E-state index in [1.807, 2.05) is 18.4 Å². The summed E-state index contributed by atoms with van der Waals surface area (Å²) in [7, 11) is 2.04. The molecule has 2 heteroatoms. The molecule has 0 fully saturated rings. The second kappa shape index (κ2) is 2.36. The molecule has 1 nitrogen and oxygen atoms in total. The molecule has 1 heterocycles. The maximum Gasteiger partial charge on any atom is 0.0146 e. The Morgan fingerprint density at radius 1 is 1.40 bits per heavy atom. The van der Waals surface area contributed by atoms with Gasteiger partial charge in [-0.2, -0.15) is 11.3 Å². The van der Waals surface area contributed by atoms with Crippen molar-refractivity contribution in [1.82, 2.24) is 5.32 Å². The monoisotopic (exact) mass is 153 g/mol. The highest BCUT2D eigenvalue weighted by Crippen LogP contribution is 2.25. The highest BCUT2D eigenvalue weighted by Gasteiger charge is 2.19. The summed E-state index contributed by atoms with van der Waals surface area (Å²) in [5.74, 6) is 0. The molecular weight excluding hydrogens is 142 g/mol. The fourth-order valence-corrected chi connectivity index (χ4v) is 2.41. The predicted molar refractivity (Wildman–Crippen MR) is 44.6 cm³/mol. The van der Waals surface area contributed by atoms with Crippen molar-refractivity contribution in [3.8, 4) is 0 Å². The molecule has 0 amide bonds. The van der Waals surface area contributed by atoms with Crippen LogP contribution in [-0.4, -0.2) is 13.1 Å². The molecule has 1 aromatic heterocycles. The van der Waals surface area contributed by atoms with Gasteiger partial charge in [0.1, 0.15) is 0 Å². The molecule has 0 atom stereocenters. The summed E-state index contributed by atoms with van der Waals surface area (Å²) in [4.78, 5) is 0. The van der Waals surface area contributed by atoms with Crippen molar-refractivity contribution in [3.63, 3.8) is 0 Å². The lowest BCUT2D eigenvalue weighted by atomic mass is 10.2. The third-order valence-corrected chi connectivity index (χ3v) is 3.02. The summed E-state index contributed by atoms with van der Waals surface area (Å²) in [6.45, 7) is 0. The van der Waals surface area contributed by atoms with E-state index in [-0.39, 0.29) is 0 Å². The van der Waals surface area contributed by atoms with Crippen molar-refractivity contribution in [2.45, 2.75) is 18.9 Å². The van der Waals surface area contributed by atoms with Crippen molar-refractivity contribution >= 4 is 11.3 Å². The van der Waals surface area contributed by atoms with Gasteiger partial charge in [0.2, 0.25) is 0 Å². The molecule has 1 aromatic rings. The van der Waals surface area contributed by atoms with E-state index >= 15 is 0 Å². The maximum absolute atomic E-state index is 3.30. The first-order valence-corrected chi connectivity index (χ1v) is 4.55. The average molecular weight is 153 g/mol. The van der Waals surface area contributed by atoms with E-state index in [0.717, 1.165) is 0 Å². The van der Waals surface area contributed by atoms with Gasteiger partial charge in [0, 0.05) is 6.04 Å². The van der Waals surface area contributed by atoms with E-state index < -0.39 is 0 Å². The van der Waals surface area contributed by atoms with Crippen LogP contribution in [-0.2, 0) is 12.8 Å². The molecule has 0 unspecified atom stereocenters. The topological polar surface area (TPSA) is 12.0 Å². The predicted octanol–water partition coefficient (Wildman–Crippen LogP) is 1.43. The summed E-state index contributed by atoms with van der Waals surface area (Å²) in [5, 5.41) is 7.84. The Hall–Kier alpha value is -0.340. The van der Waals surface area contributed by atoms with E-state index in [2.05, 4.69) is 16.1 Å². The zero-order valence-corrected chi connectivity index (χ0v) is 6.87. The quantitative estimate of drug-likeness (QED) is 0.643. The standard InChI is InChI=1S/C8H11NS/c1-9-8-2-6-4-10-5-7(6)3-8/h4-5,8-9H,2-3H2,1H3. The van der Waals surface area contributed by atoms with E-state index in [0.29, 0.717) is 6.04 Å². The summed E-state index contributed by atoms with van der Waals surface area (Å²) in [6, 6.07) is 0.707. The number of nitrogens with one attached hydrogen (secondary N) is 1. The van der Waals surface area contributed by atoms with Crippen LogP contribution in [0, 0.1) is 0 Å². The SMILES string of the molecule is CNC1Cc2cscc2C1. The van der Waals surface area contributed by atoms with Gasteiger partial charge in [0.25, 0.3) is 0 Å². The summed E-state index contributed by atoms with van der Waals surface area (Å²) in [6.07, 6.45) is 2.46. The van der Waals surface area contributed by atoms with Crippen LogP contribution in [0.25, 0.3) is 0 Å². The lowest BCUT2D eigenvalue weighted by Gasteiger charge is -2.04. The highest BCUT2D eigenvalue weighted by molar-refractivity contribution is 7.08. The molecule has 0 saturated carbocycles. The third-order valence-electron chi connectivity index (χ3n) is 2.17. The Morgan fingerprint density at radius 3 is 2.50 bits per heavy atom. The molecule has 54 valence electrons. The van der Waals surface area contributed by atoms with Crippen LogP contribution < -0.4 is 5.32 Å². The zero-order chi connectivity index (χ0) is 6.97. The number of rotatable bonds is 1. The van der Waals surface area contributed by atoms with Crippen LogP contribution in [0.5, 0.6) is 0 Å². The van der Waals surface area contributed by atoms with E-state index in [9.17, 15) is 0 Å². The molecule has 10 heavy (non-hydrogen) atoms. The second-order valence-corrected chi connectivity index (χ2v) is 3.56. The van der Waals surface area contributed by atoms with Crippen LogP contribution in [0.15, 0.2) is 10.8 Å². The lowest BCUT2D eigenvalue weighted by molar-refractivity contribution is 0.593. The summed E-state index contributed by atoms with van der Waals surface area (Å²) in [5.41, 5.74) is 3.12. The van der Waals surface area contributed by atoms with Crippen molar-refractivity contribution in [3.05, 3.63) is 21.9 Å². The fraction of sp³-hybridized carbons (Fsp3) is 0.500. The third kappa shape index (κ3) is 0.879. The van der Waals surface area contributed by atoms with Gasteiger partial charge < -0.3 is 5.32 Å². The van der Waals surface area contributed by atoms with Gasteiger partial charge >= 0.3 is 0 Å². The Labute approximate surface area is 65.1 Å². The first kappa shape index (κ1) is 6.38. The minimum Gasteiger partial charge on any atom is -0.316 e. The number of fused-ring (bicyclic) bond motifs is 1. The normalized spacial score (nSPS) is 17.7. The molecule has 0 spiro atoms. The van der Waals surface area contributed by atoms with Gasteiger partial charge in [-0.1, -0.05) is 0 Å². The molecule has 0 aliphatic heterocycles. The van der Waals surface area contributed by atoms with E-state index in [1.165, 1.54) is 12.8 Å². The Bertz CT molecular complexity index is 208. The van der Waals surface area contributed by atoms with Crippen LogP contribution in [0.4, 0.5) is 0 Å². The summed E-state index contributed by atoms with van der Waals surface area (Å²) < 4.78 is 0. The largest absolute Gasteiger partial charge is 0.316 e. The molecule has 0 aromatic carbocycles. The molecular formula is C8H11NS. The number of hydrogen-bond acceptors (Lipinski definition) is 2. The van der Waals surface area contributed by atoms with E-state index in [4.69, 9.17) is 0 Å². The number of hydrogen-bond donors (Lipinski definition) is 1. The Balaban J connectivity index is 2.21. The van der Waals surface area contributed by atoms with Crippen LogP contribution >= 0.6 is 11.3 Å². The van der Waals surface area contributed by atoms with Gasteiger partial charge in [-0.3, -0.25) is 0 Å². The first-order chi connectivity index (χ1) is 4.90. The number of likely N-dealkylation sites (N-methyl/N-ethyl adjacent to an activating group) is 1. The van der Waals surface area contributed by atoms with Crippen molar-refractivity contribution in [1.29, 1.82) is 0 Å². The average Bonchev–Trinajstić information content (AvgIpc) is 2.42. The van der Waals surface area contributed by atoms with Crippen LogP contribution in [0.3, 0.4) is 0 Å². The zero-order valence-electron chi connectivity index (χ0n) is 6.05. The van der Waals surface area contributed by atoms with Crippen molar-refractivity contribution in [2.75, 3.05) is 7.05 Å². The van der Waals surface area contributed by atoms with Gasteiger partial charge in [0.15, 0.2) is 0 Å². The first-order valence-electron chi connectivity index (χ1n) is 3.61. The van der Waals surface area contributed by atoms with Crippen LogP contribution in [0.2, 0.25) is 0 Å². The molecule has 0 bridgehead atoms. The molecule has 0 saturated heterocycles. The van der Waals surface area contributed by atoms with Gasteiger partial charge in [-0.05, 0) is 41.8 Å². The Morgan fingerprint density at radius 2 is 2.00 bits per heavy atom. The lowest BCUT2D eigenvalue weighted by Crippen LogP contribution is -2.24. The van der Waals surface area contributed by atoms with Gasteiger partial charge in [-0.25, -0.2) is 0 Å². The second-order valence-electron chi connectivity index (χ2n) is 2.82. The van der Waals surface area contributed by atoms with Crippen molar-refractivity contribution in [2.24, 2.45) is 0 Å². The highest BCUT2D eigenvalue weighted by atomic mass is 32.1. The maximum atomic E-state index is 3.30. The minimum atomic E-state index is 0.707. The minimum absolute atomic E-state index is 0.707.